The van der Waals surface area contributed by atoms with E-state index in [1.165, 1.54) is 6.42 Å². The van der Waals surface area contributed by atoms with Crippen LogP contribution in [0.15, 0.2) is 18.3 Å². The number of aromatic nitrogens is 1. The Bertz CT molecular complexity index is 465. The highest BCUT2D eigenvalue weighted by Gasteiger charge is 2.33. The second-order valence-electron chi connectivity index (χ2n) is 5.90. The molecular formula is C16H24N2O2. The van der Waals surface area contributed by atoms with Crippen LogP contribution in [0.3, 0.4) is 0 Å². The van der Waals surface area contributed by atoms with E-state index in [1.807, 2.05) is 6.92 Å². The van der Waals surface area contributed by atoms with Gasteiger partial charge in [0.2, 0.25) is 0 Å². The Morgan fingerprint density at radius 3 is 2.80 bits per heavy atom. The van der Waals surface area contributed by atoms with Crippen molar-refractivity contribution in [2.75, 3.05) is 6.54 Å². The van der Waals surface area contributed by atoms with Gasteiger partial charge in [-0.3, -0.25) is 9.78 Å². The molecule has 0 aliphatic heterocycles. The maximum atomic E-state index is 12.1. The Hall–Kier alpha value is -1.42. The highest BCUT2D eigenvalue weighted by atomic mass is 16.3. The molecule has 0 bridgehead atoms. The van der Waals surface area contributed by atoms with Crippen LogP contribution in [0.4, 0.5) is 0 Å². The van der Waals surface area contributed by atoms with E-state index in [0.29, 0.717) is 17.8 Å². The second-order valence-corrected chi connectivity index (χ2v) is 5.90. The van der Waals surface area contributed by atoms with E-state index in [9.17, 15) is 9.90 Å². The number of carbonyl (C=O) groups excluding carboxylic acids is 1. The Morgan fingerprint density at radius 2 is 2.20 bits per heavy atom. The number of rotatable bonds is 4. The predicted molar refractivity (Wildman–Crippen MR) is 78.5 cm³/mol. The summed E-state index contributed by atoms with van der Waals surface area (Å²) in [6.07, 6.45) is 6.50. The minimum Gasteiger partial charge on any atom is -0.388 e. The molecule has 0 saturated heterocycles. The SMILES string of the molecule is CCC1CCC(O)(CNC(=O)c2cccnc2C)CC1. The molecule has 1 aromatic heterocycles. The number of carbonyl (C=O) groups is 1. The molecule has 0 radical (unpaired) electrons. The molecule has 1 aromatic rings. The Balaban J connectivity index is 1.89. The minimum atomic E-state index is -0.739. The quantitative estimate of drug-likeness (QED) is 0.888. The summed E-state index contributed by atoms with van der Waals surface area (Å²) in [6, 6.07) is 3.51. The molecule has 1 aliphatic rings. The molecule has 2 N–H and O–H groups in total. The van der Waals surface area contributed by atoms with Gasteiger partial charge in [0, 0.05) is 18.4 Å². The summed E-state index contributed by atoms with van der Waals surface area (Å²) in [4.78, 5) is 16.2. The van der Waals surface area contributed by atoms with Crippen molar-refractivity contribution in [3.63, 3.8) is 0 Å². The lowest BCUT2D eigenvalue weighted by molar-refractivity contribution is -0.00787. The van der Waals surface area contributed by atoms with E-state index in [1.54, 1.807) is 18.3 Å². The van der Waals surface area contributed by atoms with Crippen molar-refractivity contribution in [1.29, 1.82) is 0 Å². The number of aliphatic hydroxyl groups is 1. The minimum absolute atomic E-state index is 0.151. The third-order valence-electron chi connectivity index (χ3n) is 4.44. The maximum absolute atomic E-state index is 12.1. The Morgan fingerprint density at radius 1 is 1.50 bits per heavy atom. The van der Waals surface area contributed by atoms with Gasteiger partial charge in [0.1, 0.15) is 0 Å². The molecule has 0 aromatic carbocycles. The summed E-state index contributed by atoms with van der Waals surface area (Å²) in [5.74, 6) is 0.577. The van der Waals surface area contributed by atoms with Gasteiger partial charge < -0.3 is 10.4 Å². The van der Waals surface area contributed by atoms with Crippen LogP contribution in [-0.4, -0.2) is 28.1 Å². The second kappa shape index (κ2) is 6.35. The summed E-state index contributed by atoms with van der Waals surface area (Å²) >= 11 is 0. The van der Waals surface area contributed by atoms with Crippen LogP contribution in [0.1, 0.15) is 55.1 Å². The van der Waals surface area contributed by atoms with E-state index in [0.717, 1.165) is 31.6 Å². The van der Waals surface area contributed by atoms with Crippen molar-refractivity contribution in [2.45, 2.75) is 51.6 Å². The highest BCUT2D eigenvalue weighted by molar-refractivity contribution is 5.95. The van der Waals surface area contributed by atoms with E-state index in [4.69, 9.17) is 0 Å². The van der Waals surface area contributed by atoms with Gasteiger partial charge >= 0.3 is 0 Å². The van der Waals surface area contributed by atoms with Crippen LogP contribution in [0, 0.1) is 12.8 Å². The normalized spacial score (nSPS) is 26.2. The Kier molecular flexibility index (Phi) is 4.76. The molecule has 0 unspecified atom stereocenters. The van der Waals surface area contributed by atoms with Gasteiger partial charge in [-0.15, -0.1) is 0 Å². The highest BCUT2D eigenvalue weighted by Crippen LogP contribution is 2.33. The molecule has 110 valence electrons. The number of nitrogens with one attached hydrogen (secondary N) is 1. The van der Waals surface area contributed by atoms with Crippen LogP contribution < -0.4 is 5.32 Å². The fourth-order valence-corrected chi connectivity index (χ4v) is 2.86. The van der Waals surface area contributed by atoms with Gasteiger partial charge in [-0.25, -0.2) is 0 Å². The van der Waals surface area contributed by atoms with E-state index in [2.05, 4.69) is 17.2 Å². The number of amides is 1. The van der Waals surface area contributed by atoms with Crippen LogP contribution in [0.5, 0.6) is 0 Å². The van der Waals surface area contributed by atoms with E-state index in [-0.39, 0.29) is 5.91 Å². The summed E-state index contributed by atoms with van der Waals surface area (Å²) in [6.45, 7) is 4.34. The molecule has 0 atom stereocenters. The third-order valence-corrected chi connectivity index (χ3v) is 4.44. The predicted octanol–water partition coefficient (Wildman–Crippen LogP) is 2.45. The molecule has 4 heteroatoms. The van der Waals surface area contributed by atoms with Gasteiger partial charge in [-0.1, -0.05) is 13.3 Å². The number of pyridine rings is 1. The topological polar surface area (TPSA) is 62.2 Å². The van der Waals surface area contributed by atoms with Crippen LogP contribution in [0.2, 0.25) is 0 Å². The van der Waals surface area contributed by atoms with Crippen LogP contribution >= 0.6 is 0 Å². The molecule has 1 fully saturated rings. The number of hydrogen-bond donors (Lipinski definition) is 2. The zero-order valence-electron chi connectivity index (χ0n) is 12.4. The zero-order chi connectivity index (χ0) is 14.6. The lowest BCUT2D eigenvalue weighted by Crippen LogP contribution is -2.45. The van der Waals surface area contributed by atoms with Gasteiger partial charge in [-0.2, -0.15) is 0 Å². The van der Waals surface area contributed by atoms with E-state index < -0.39 is 5.60 Å². The first kappa shape index (κ1) is 15.0. The first-order valence-corrected chi connectivity index (χ1v) is 7.46. The zero-order valence-corrected chi connectivity index (χ0v) is 12.4. The number of hydrogen-bond acceptors (Lipinski definition) is 3. The molecule has 1 aliphatic carbocycles. The van der Waals surface area contributed by atoms with Crippen molar-refractivity contribution in [3.8, 4) is 0 Å². The smallest absolute Gasteiger partial charge is 0.253 e. The molecule has 0 spiro atoms. The van der Waals surface area contributed by atoms with Crippen LogP contribution in [0.25, 0.3) is 0 Å². The molecule has 1 amide bonds. The monoisotopic (exact) mass is 276 g/mol. The van der Waals surface area contributed by atoms with Crippen molar-refractivity contribution < 1.29 is 9.90 Å². The molecule has 4 nitrogen and oxygen atoms in total. The third kappa shape index (κ3) is 3.57. The first-order chi connectivity index (χ1) is 9.54. The lowest BCUT2D eigenvalue weighted by atomic mass is 9.78. The van der Waals surface area contributed by atoms with Gasteiger partial charge in [0.25, 0.3) is 5.91 Å². The first-order valence-electron chi connectivity index (χ1n) is 7.46. The number of nitrogens with zero attached hydrogens (tertiary/aromatic N) is 1. The van der Waals surface area contributed by atoms with E-state index >= 15 is 0 Å². The standard InChI is InChI=1S/C16H24N2O2/c1-3-13-6-8-16(20,9-7-13)11-18-15(19)14-5-4-10-17-12(14)2/h4-5,10,13,20H,3,6-9,11H2,1-2H3,(H,18,19). The summed E-state index contributed by atoms with van der Waals surface area (Å²) < 4.78 is 0. The molecule has 2 rings (SSSR count). The fraction of sp³-hybridized carbons (Fsp3) is 0.625. The maximum Gasteiger partial charge on any atom is 0.253 e. The van der Waals surface area contributed by atoms with Gasteiger partial charge in [0.15, 0.2) is 0 Å². The average molecular weight is 276 g/mol. The summed E-state index contributed by atoms with van der Waals surface area (Å²) in [7, 11) is 0. The molecule has 1 heterocycles. The van der Waals surface area contributed by atoms with Gasteiger partial charge in [0.05, 0.1) is 11.2 Å². The Labute approximate surface area is 120 Å². The fourth-order valence-electron chi connectivity index (χ4n) is 2.86. The van der Waals surface area contributed by atoms with Crippen molar-refractivity contribution >= 4 is 5.91 Å². The van der Waals surface area contributed by atoms with Crippen molar-refractivity contribution in [1.82, 2.24) is 10.3 Å². The molecule has 20 heavy (non-hydrogen) atoms. The average Bonchev–Trinajstić information content (AvgIpc) is 2.46. The van der Waals surface area contributed by atoms with Crippen molar-refractivity contribution in [2.24, 2.45) is 5.92 Å². The molecular weight excluding hydrogens is 252 g/mol. The van der Waals surface area contributed by atoms with Crippen molar-refractivity contribution in [3.05, 3.63) is 29.6 Å². The largest absolute Gasteiger partial charge is 0.388 e. The summed E-state index contributed by atoms with van der Waals surface area (Å²) in [5.41, 5.74) is 0.558. The van der Waals surface area contributed by atoms with Gasteiger partial charge in [-0.05, 0) is 50.7 Å². The van der Waals surface area contributed by atoms with Crippen LogP contribution in [-0.2, 0) is 0 Å². The molecule has 1 saturated carbocycles. The lowest BCUT2D eigenvalue weighted by Gasteiger charge is -2.35. The number of aryl methyl sites for hydroxylation is 1. The summed E-state index contributed by atoms with van der Waals surface area (Å²) in [5, 5.41) is 13.4.